The molecule has 0 fully saturated rings. The number of hydrogen-bond acceptors (Lipinski definition) is 5. The van der Waals surface area contributed by atoms with E-state index in [1.165, 1.54) is 6.20 Å². The average Bonchev–Trinajstić information content (AvgIpc) is 2.66. The largest absolute Gasteiger partial charge is 0.475 e. The second-order valence-electron chi connectivity index (χ2n) is 5.65. The molecule has 0 aliphatic rings. The van der Waals surface area contributed by atoms with Crippen molar-refractivity contribution in [3.63, 3.8) is 0 Å². The van der Waals surface area contributed by atoms with Crippen molar-refractivity contribution >= 4 is 0 Å². The average molecular weight is 415 g/mol. The smallest absolute Gasteiger partial charge is 0.419 e. The number of nitrogens with zero attached hydrogens (tertiary/aromatic N) is 3. The minimum Gasteiger partial charge on any atom is -0.475 e. The van der Waals surface area contributed by atoms with Gasteiger partial charge in [0, 0.05) is 12.6 Å². The second-order valence-corrected chi connectivity index (χ2v) is 5.65. The highest BCUT2D eigenvalue weighted by Crippen LogP contribution is 2.34. The Kier molecular flexibility index (Phi) is 5.85. The van der Waals surface area contributed by atoms with Crippen molar-refractivity contribution in [3.8, 4) is 17.5 Å². The SMILES string of the molecule is Fc1ccc(Oc2ncc(CCOc3ncncc3F)cc2F)cc1C(F)(F)F. The first kappa shape index (κ1) is 20.4. The Balaban J connectivity index is 1.66. The zero-order valence-electron chi connectivity index (χ0n) is 14.4. The minimum absolute atomic E-state index is 0.0395. The van der Waals surface area contributed by atoms with Crippen LogP contribution in [0.25, 0.3) is 0 Å². The van der Waals surface area contributed by atoms with E-state index in [2.05, 4.69) is 15.0 Å². The maximum atomic E-state index is 14.2. The van der Waals surface area contributed by atoms with E-state index < -0.39 is 40.8 Å². The summed E-state index contributed by atoms with van der Waals surface area (Å²) in [5.74, 6) is -4.46. The van der Waals surface area contributed by atoms with E-state index in [-0.39, 0.29) is 18.9 Å². The first-order valence-corrected chi connectivity index (χ1v) is 8.01. The highest BCUT2D eigenvalue weighted by molar-refractivity contribution is 5.34. The Morgan fingerprint density at radius 1 is 0.862 bits per heavy atom. The Hall–Kier alpha value is -3.37. The summed E-state index contributed by atoms with van der Waals surface area (Å²) in [6.07, 6.45) is -1.54. The summed E-state index contributed by atoms with van der Waals surface area (Å²) in [4.78, 5) is 10.8. The van der Waals surface area contributed by atoms with E-state index in [4.69, 9.17) is 9.47 Å². The summed E-state index contributed by atoms with van der Waals surface area (Å²) in [5, 5.41) is 0. The monoisotopic (exact) mass is 415 g/mol. The molecule has 0 N–H and O–H groups in total. The lowest BCUT2D eigenvalue weighted by molar-refractivity contribution is -0.140. The molecule has 0 bridgehead atoms. The van der Waals surface area contributed by atoms with Crippen molar-refractivity contribution in [2.75, 3.05) is 6.61 Å². The van der Waals surface area contributed by atoms with E-state index in [1.807, 2.05) is 0 Å². The maximum absolute atomic E-state index is 14.2. The van der Waals surface area contributed by atoms with Crippen molar-refractivity contribution in [2.24, 2.45) is 0 Å². The van der Waals surface area contributed by atoms with Gasteiger partial charge in [0.1, 0.15) is 17.9 Å². The number of rotatable bonds is 6. The van der Waals surface area contributed by atoms with Crippen molar-refractivity contribution in [1.29, 1.82) is 0 Å². The Bertz CT molecular complexity index is 1010. The van der Waals surface area contributed by atoms with Gasteiger partial charge in [-0.1, -0.05) is 0 Å². The summed E-state index contributed by atoms with van der Waals surface area (Å²) in [7, 11) is 0. The number of alkyl halides is 3. The van der Waals surface area contributed by atoms with Crippen LogP contribution in [-0.2, 0) is 12.6 Å². The normalized spacial score (nSPS) is 11.4. The molecule has 2 aromatic heterocycles. The molecule has 0 spiro atoms. The number of halogens is 6. The molecule has 152 valence electrons. The number of ether oxygens (including phenoxy) is 2. The van der Waals surface area contributed by atoms with Crippen molar-refractivity contribution in [2.45, 2.75) is 12.6 Å². The highest BCUT2D eigenvalue weighted by atomic mass is 19.4. The molecular weight excluding hydrogens is 404 g/mol. The van der Waals surface area contributed by atoms with Gasteiger partial charge in [0.2, 0.25) is 5.82 Å². The third-order valence-corrected chi connectivity index (χ3v) is 3.59. The molecule has 0 amide bonds. The molecule has 5 nitrogen and oxygen atoms in total. The fraction of sp³-hybridized carbons (Fsp3) is 0.167. The topological polar surface area (TPSA) is 57.1 Å². The van der Waals surface area contributed by atoms with Crippen LogP contribution in [0.2, 0.25) is 0 Å². The highest BCUT2D eigenvalue weighted by Gasteiger charge is 2.34. The van der Waals surface area contributed by atoms with Crippen LogP contribution >= 0.6 is 0 Å². The molecule has 0 unspecified atom stereocenters. The standard InChI is InChI=1S/C18H11F6N3O2/c19-13-2-1-11(6-12(13)18(22,23)24)29-17-14(20)5-10(7-26-17)3-4-28-16-15(21)8-25-9-27-16/h1-2,5-9H,3-4H2. The zero-order valence-corrected chi connectivity index (χ0v) is 14.4. The molecule has 29 heavy (non-hydrogen) atoms. The lowest BCUT2D eigenvalue weighted by Crippen LogP contribution is -2.08. The van der Waals surface area contributed by atoms with Gasteiger partial charge in [-0.05, 0) is 29.8 Å². The number of benzene rings is 1. The maximum Gasteiger partial charge on any atom is 0.419 e. The second kappa shape index (κ2) is 8.33. The summed E-state index contributed by atoms with van der Waals surface area (Å²) in [6, 6.07) is 2.93. The Labute approximate surface area is 160 Å². The van der Waals surface area contributed by atoms with Gasteiger partial charge in [-0.25, -0.2) is 18.7 Å². The van der Waals surface area contributed by atoms with Crippen molar-refractivity contribution in [1.82, 2.24) is 15.0 Å². The van der Waals surface area contributed by atoms with Crippen LogP contribution in [0.3, 0.4) is 0 Å². The molecule has 3 rings (SSSR count). The van der Waals surface area contributed by atoms with Crippen LogP contribution in [0.4, 0.5) is 26.3 Å². The molecule has 0 atom stereocenters. The minimum atomic E-state index is -4.93. The van der Waals surface area contributed by atoms with Gasteiger partial charge in [0.15, 0.2) is 5.82 Å². The molecule has 0 radical (unpaired) electrons. The fourth-order valence-electron chi connectivity index (χ4n) is 2.25. The van der Waals surface area contributed by atoms with Gasteiger partial charge in [0.05, 0.1) is 18.4 Å². The fourth-order valence-corrected chi connectivity index (χ4v) is 2.25. The van der Waals surface area contributed by atoms with E-state index in [0.29, 0.717) is 17.7 Å². The predicted molar refractivity (Wildman–Crippen MR) is 86.9 cm³/mol. The first-order valence-electron chi connectivity index (χ1n) is 8.01. The molecule has 0 saturated heterocycles. The molecule has 3 aromatic rings. The lowest BCUT2D eigenvalue weighted by atomic mass is 10.2. The van der Waals surface area contributed by atoms with Crippen LogP contribution in [0, 0.1) is 17.5 Å². The van der Waals surface area contributed by atoms with Crippen LogP contribution in [-0.4, -0.2) is 21.6 Å². The number of aromatic nitrogens is 3. The summed E-state index contributed by atoms with van der Waals surface area (Å²) in [6.45, 7) is -0.0395. The molecule has 1 aromatic carbocycles. The number of pyridine rings is 1. The Morgan fingerprint density at radius 3 is 2.34 bits per heavy atom. The summed E-state index contributed by atoms with van der Waals surface area (Å²) >= 11 is 0. The van der Waals surface area contributed by atoms with Crippen LogP contribution < -0.4 is 9.47 Å². The van der Waals surface area contributed by atoms with Crippen molar-refractivity contribution in [3.05, 3.63) is 71.6 Å². The van der Waals surface area contributed by atoms with Crippen molar-refractivity contribution < 1.29 is 35.8 Å². The predicted octanol–water partition coefficient (Wildman–Crippen LogP) is 4.72. The third-order valence-electron chi connectivity index (χ3n) is 3.59. The van der Waals surface area contributed by atoms with E-state index in [1.54, 1.807) is 0 Å². The third kappa shape index (κ3) is 5.12. The number of hydrogen-bond donors (Lipinski definition) is 0. The Morgan fingerprint density at radius 2 is 1.66 bits per heavy atom. The van der Waals surface area contributed by atoms with Crippen LogP contribution in [0.1, 0.15) is 11.1 Å². The summed E-state index contributed by atoms with van der Waals surface area (Å²) < 4.78 is 89.1. The van der Waals surface area contributed by atoms with E-state index in [0.717, 1.165) is 24.7 Å². The van der Waals surface area contributed by atoms with Gasteiger partial charge >= 0.3 is 6.18 Å². The molecule has 0 aliphatic carbocycles. The molecule has 2 heterocycles. The zero-order chi connectivity index (χ0) is 21.0. The van der Waals surface area contributed by atoms with Gasteiger partial charge in [0.25, 0.3) is 11.8 Å². The first-order chi connectivity index (χ1) is 13.7. The van der Waals surface area contributed by atoms with Gasteiger partial charge in [-0.3, -0.25) is 0 Å². The van der Waals surface area contributed by atoms with E-state index >= 15 is 0 Å². The molecule has 0 aliphatic heterocycles. The van der Waals surface area contributed by atoms with Gasteiger partial charge in [-0.2, -0.15) is 22.5 Å². The lowest BCUT2D eigenvalue weighted by Gasteiger charge is -2.11. The van der Waals surface area contributed by atoms with Gasteiger partial charge < -0.3 is 9.47 Å². The van der Waals surface area contributed by atoms with Crippen LogP contribution in [0.5, 0.6) is 17.5 Å². The molecular formula is C18H11F6N3O2. The summed E-state index contributed by atoms with van der Waals surface area (Å²) in [5.41, 5.74) is -1.18. The quantitative estimate of drug-likeness (QED) is 0.546. The molecule has 11 heteroatoms. The molecule has 0 saturated carbocycles. The van der Waals surface area contributed by atoms with Crippen LogP contribution in [0.15, 0.2) is 43.0 Å². The van der Waals surface area contributed by atoms with Gasteiger partial charge in [-0.15, -0.1) is 0 Å². The van der Waals surface area contributed by atoms with E-state index in [9.17, 15) is 26.3 Å².